The molecule has 0 fully saturated rings. The molecule has 0 saturated heterocycles. The predicted molar refractivity (Wildman–Crippen MR) is 123 cm³/mol. The van der Waals surface area contributed by atoms with Crippen molar-refractivity contribution < 1.29 is 27.5 Å². The number of methoxy groups -OCH3 is 2. The Morgan fingerprint density at radius 3 is 2.47 bits per heavy atom. The third-order valence-electron chi connectivity index (χ3n) is 5.41. The Morgan fingerprint density at radius 2 is 1.84 bits per heavy atom. The van der Waals surface area contributed by atoms with Gasteiger partial charge in [0.05, 0.1) is 35.1 Å². The summed E-state index contributed by atoms with van der Waals surface area (Å²) >= 11 is 6.12. The van der Waals surface area contributed by atoms with Crippen molar-refractivity contribution in [3.8, 4) is 11.5 Å². The van der Waals surface area contributed by atoms with Crippen molar-refractivity contribution in [1.82, 2.24) is 0 Å². The van der Waals surface area contributed by atoms with Gasteiger partial charge in [0.15, 0.2) is 9.84 Å². The number of halogens is 1. The van der Waals surface area contributed by atoms with Crippen LogP contribution < -0.4 is 19.7 Å². The SMILES string of the molecule is COc1cc(OC)c(NC(=O)C[C@H](C)S(=O)(=O)c2ccc3c(c2)CCN3C(C)=O)cc1Cl. The average Bonchev–Trinajstić information content (AvgIpc) is 3.17. The molecular weight excluding hydrogens is 456 g/mol. The largest absolute Gasteiger partial charge is 0.495 e. The molecule has 0 saturated carbocycles. The highest BCUT2D eigenvalue weighted by Gasteiger charge is 2.29. The van der Waals surface area contributed by atoms with Gasteiger partial charge in [-0.15, -0.1) is 0 Å². The Hall–Kier alpha value is -2.78. The van der Waals surface area contributed by atoms with E-state index < -0.39 is 21.0 Å². The molecule has 0 aliphatic carbocycles. The molecule has 1 atom stereocenters. The first-order valence-electron chi connectivity index (χ1n) is 9.94. The number of hydrogen-bond donors (Lipinski definition) is 1. The molecule has 1 N–H and O–H groups in total. The maximum absolute atomic E-state index is 13.1. The number of rotatable bonds is 7. The first kappa shape index (κ1) is 23.9. The first-order chi connectivity index (χ1) is 15.1. The standard InChI is InChI=1S/C22H25ClN2O6S/c1-13(9-22(27)24-18-11-17(23)20(30-3)12-21(18)31-4)32(28,29)16-5-6-19-15(10-16)7-8-25(19)14(2)26/h5-6,10-13H,7-9H2,1-4H3,(H,24,27)/t13-/m0/s1. The minimum Gasteiger partial charge on any atom is -0.495 e. The van der Waals surface area contributed by atoms with E-state index in [1.165, 1.54) is 46.3 Å². The zero-order valence-electron chi connectivity index (χ0n) is 18.3. The van der Waals surface area contributed by atoms with Crippen molar-refractivity contribution in [2.75, 3.05) is 31.0 Å². The summed E-state index contributed by atoms with van der Waals surface area (Å²) in [4.78, 5) is 26.1. The minimum absolute atomic E-state index is 0.0848. The molecule has 8 nitrogen and oxygen atoms in total. The number of amides is 2. The van der Waals surface area contributed by atoms with E-state index in [2.05, 4.69) is 5.32 Å². The molecular formula is C22H25ClN2O6S. The zero-order chi connectivity index (χ0) is 23.6. The number of carbonyl (C=O) groups is 2. The van der Waals surface area contributed by atoms with Gasteiger partial charge in [0.1, 0.15) is 11.5 Å². The Morgan fingerprint density at radius 1 is 1.16 bits per heavy atom. The van der Waals surface area contributed by atoms with Crippen LogP contribution in [0.5, 0.6) is 11.5 Å². The monoisotopic (exact) mass is 480 g/mol. The Balaban J connectivity index is 1.76. The van der Waals surface area contributed by atoms with E-state index in [9.17, 15) is 18.0 Å². The second-order valence-electron chi connectivity index (χ2n) is 7.51. The summed E-state index contributed by atoms with van der Waals surface area (Å²) in [6, 6.07) is 7.74. The maximum atomic E-state index is 13.1. The van der Waals surface area contributed by atoms with Crippen molar-refractivity contribution in [1.29, 1.82) is 0 Å². The normalized spacial score (nSPS) is 14.0. The lowest BCUT2D eigenvalue weighted by atomic mass is 10.2. The fraction of sp³-hybridized carbons (Fsp3) is 0.364. The van der Waals surface area contributed by atoms with Gasteiger partial charge in [-0.05, 0) is 43.2 Å². The van der Waals surface area contributed by atoms with E-state index in [0.29, 0.717) is 30.2 Å². The molecule has 2 aromatic rings. The lowest BCUT2D eigenvalue weighted by Gasteiger charge is -2.17. The fourth-order valence-corrected chi connectivity index (χ4v) is 5.28. The summed E-state index contributed by atoms with van der Waals surface area (Å²) < 4.78 is 36.5. The van der Waals surface area contributed by atoms with E-state index in [4.69, 9.17) is 21.1 Å². The van der Waals surface area contributed by atoms with Gasteiger partial charge in [0.2, 0.25) is 11.8 Å². The van der Waals surface area contributed by atoms with Crippen LogP contribution >= 0.6 is 11.6 Å². The van der Waals surface area contributed by atoms with Crippen LogP contribution in [-0.2, 0) is 25.8 Å². The number of anilines is 2. The van der Waals surface area contributed by atoms with Crippen molar-refractivity contribution in [2.45, 2.75) is 36.8 Å². The van der Waals surface area contributed by atoms with Gasteiger partial charge >= 0.3 is 0 Å². The van der Waals surface area contributed by atoms with E-state index >= 15 is 0 Å². The summed E-state index contributed by atoms with van der Waals surface area (Å²) in [6.07, 6.45) is 0.330. The fourth-order valence-electron chi connectivity index (χ4n) is 3.64. The molecule has 0 unspecified atom stereocenters. The zero-order valence-corrected chi connectivity index (χ0v) is 19.8. The molecule has 172 valence electrons. The molecule has 0 radical (unpaired) electrons. The number of nitrogens with one attached hydrogen (secondary N) is 1. The number of fused-ring (bicyclic) bond motifs is 1. The van der Waals surface area contributed by atoms with Gasteiger partial charge in [0.25, 0.3) is 0 Å². The molecule has 10 heteroatoms. The topological polar surface area (TPSA) is 102 Å². The van der Waals surface area contributed by atoms with E-state index in [0.717, 1.165) is 11.3 Å². The molecule has 0 spiro atoms. The van der Waals surface area contributed by atoms with Gasteiger partial charge < -0.3 is 19.7 Å². The van der Waals surface area contributed by atoms with E-state index in [1.807, 2.05) is 0 Å². The second-order valence-corrected chi connectivity index (χ2v) is 10.3. The number of hydrogen-bond acceptors (Lipinski definition) is 6. The molecule has 2 aromatic carbocycles. The van der Waals surface area contributed by atoms with Crippen molar-refractivity contribution in [3.63, 3.8) is 0 Å². The quantitative estimate of drug-likeness (QED) is 0.651. The number of carbonyl (C=O) groups excluding carboxylic acids is 2. The summed E-state index contributed by atoms with van der Waals surface area (Å²) in [6.45, 7) is 3.49. The van der Waals surface area contributed by atoms with Gasteiger partial charge in [-0.2, -0.15) is 0 Å². The van der Waals surface area contributed by atoms with Crippen LogP contribution in [0.2, 0.25) is 5.02 Å². The number of sulfone groups is 1. The summed E-state index contributed by atoms with van der Waals surface area (Å²) in [5, 5.41) is 1.97. The van der Waals surface area contributed by atoms with Gasteiger partial charge in [-0.3, -0.25) is 9.59 Å². The Labute approximate surface area is 192 Å². The van der Waals surface area contributed by atoms with Crippen LogP contribution in [0.25, 0.3) is 0 Å². The maximum Gasteiger partial charge on any atom is 0.225 e. The highest BCUT2D eigenvalue weighted by molar-refractivity contribution is 7.92. The minimum atomic E-state index is -3.76. The number of nitrogens with zero attached hydrogens (tertiary/aromatic N) is 1. The lowest BCUT2D eigenvalue weighted by Crippen LogP contribution is -2.26. The highest BCUT2D eigenvalue weighted by atomic mass is 35.5. The number of benzene rings is 2. The highest BCUT2D eigenvalue weighted by Crippen LogP contribution is 2.36. The van der Waals surface area contributed by atoms with Crippen LogP contribution in [0.3, 0.4) is 0 Å². The predicted octanol–water partition coefficient (Wildman–Crippen LogP) is 3.46. The Bertz CT molecular complexity index is 1170. The third-order valence-corrected chi connectivity index (χ3v) is 7.84. The molecule has 32 heavy (non-hydrogen) atoms. The molecule has 3 rings (SSSR count). The van der Waals surface area contributed by atoms with E-state index in [1.54, 1.807) is 17.0 Å². The molecule has 1 heterocycles. The molecule has 1 aliphatic heterocycles. The van der Waals surface area contributed by atoms with Gasteiger partial charge in [0, 0.05) is 31.6 Å². The van der Waals surface area contributed by atoms with Crippen LogP contribution in [-0.4, -0.2) is 46.2 Å². The van der Waals surface area contributed by atoms with Crippen LogP contribution in [0.15, 0.2) is 35.2 Å². The van der Waals surface area contributed by atoms with E-state index in [-0.39, 0.29) is 22.2 Å². The van der Waals surface area contributed by atoms with Gasteiger partial charge in [-0.1, -0.05) is 11.6 Å². The molecule has 1 aliphatic rings. The second kappa shape index (κ2) is 9.38. The first-order valence-corrected chi connectivity index (χ1v) is 11.9. The van der Waals surface area contributed by atoms with Crippen molar-refractivity contribution >= 4 is 44.6 Å². The van der Waals surface area contributed by atoms with Crippen LogP contribution in [0.1, 0.15) is 25.8 Å². The smallest absolute Gasteiger partial charge is 0.225 e. The molecule has 2 amide bonds. The van der Waals surface area contributed by atoms with Crippen molar-refractivity contribution in [2.24, 2.45) is 0 Å². The molecule has 0 aromatic heterocycles. The van der Waals surface area contributed by atoms with Crippen molar-refractivity contribution in [3.05, 3.63) is 40.9 Å². The average molecular weight is 481 g/mol. The summed E-state index contributed by atoms with van der Waals surface area (Å²) in [5.41, 5.74) is 1.84. The summed E-state index contributed by atoms with van der Waals surface area (Å²) in [5.74, 6) is 0.143. The lowest BCUT2D eigenvalue weighted by molar-refractivity contribution is -0.117. The van der Waals surface area contributed by atoms with Gasteiger partial charge in [-0.25, -0.2) is 8.42 Å². The van der Waals surface area contributed by atoms with Crippen LogP contribution in [0, 0.1) is 0 Å². The molecule has 0 bridgehead atoms. The van der Waals surface area contributed by atoms with Crippen LogP contribution in [0.4, 0.5) is 11.4 Å². The Kier molecular flexibility index (Phi) is 7.00. The number of ether oxygens (including phenoxy) is 2. The third kappa shape index (κ3) is 4.68. The summed E-state index contributed by atoms with van der Waals surface area (Å²) in [7, 11) is -0.864.